The summed E-state index contributed by atoms with van der Waals surface area (Å²) in [5.41, 5.74) is 5.78. The van der Waals surface area contributed by atoms with Crippen LogP contribution in [0, 0.1) is 20.8 Å². The number of thioether (sulfide) groups is 1. The van der Waals surface area contributed by atoms with E-state index in [-0.39, 0.29) is 11.9 Å². The Morgan fingerprint density at radius 3 is 2.52 bits per heavy atom. The van der Waals surface area contributed by atoms with E-state index >= 15 is 0 Å². The molecule has 3 rings (SSSR count). The Kier molecular flexibility index (Phi) is 6.75. The molecule has 5 nitrogen and oxygen atoms in total. The van der Waals surface area contributed by atoms with Crippen molar-refractivity contribution >= 4 is 17.7 Å². The molecule has 1 N–H and O–H groups in total. The van der Waals surface area contributed by atoms with Gasteiger partial charge in [0.1, 0.15) is 5.82 Å². The van der Waals surface area contributed by atoms with Crippen LogP contribution < -0.4 is 5.32 Å². The normalized spacial score (nSPS) is 12.0. The molecular weight excluding hydrogens is 380 g/mol. The molecule has 2 aromatic carbocycles. The Balaban J connectivity index is 1.67. The van der Waals surface area contributed by atoms with Gasteiger partial charge >= 0.3 is 0 Å². The van der Waals surface area contributed by atoms with Gasteiger partial charge in [-0.15, -0.1) is 10.2 Å². The van der Waals surface area contributed by atoms with Gasteiger partial charge in [-0.3, -0.25) is 9.36 Å². The molecule has 1 aromatic heterocycles. The second-order valence-electron chi connectivity index (χ2n) is 7.33. The highest BCUT2D eigenvalue weighted by Crippen LogP contribution is 2.25. The number of rotatable bonds is 7. The summed E-state index contributed by atoms with van der Waals surface area (Å²) in [5, 5.41) is 12.3. The second-order valence-corrected chi connectivity index (χ2v) is 8.27. The fraction of sp³-hybridized carbons (Fsp3) is 0.348. The number of carbonyl (C=O) groups excluding carboxylic acids is 1. The first-order valence-electron chi connectivity index (χ1n) is 9.89. The van der Waals surface area contributed by atoms with Crippen LogP contribution in [0.1, 0.15) is 48.0 Å². The topological polar surface area (TPSA) is 59.8 Å². The minimum Gasteiger partial charge on any atom is -0.349 e. The van der Waals surface area contributed by atoms with Crippen LogP contribution in [-0.4, -0.2) is 26.4 Å². The van der Waals surface area contributed by atoms with Gasteiger partial charge in [-0.25, -0.2) is 0 Å². The van der Waals surface area contributed by atoms with Crippen molar-refractivity contribution in [1.82, 2.24) is 20.1 Å². The van der Waals surface area contributed by atoms with Gasteiger partial charge in [-0.2, -0.15) is 0 Å². The molecular formula is C23H28N4OS. The van der Waals surface area contributed by atoms with Crippen molar-refractivity contribution in [2.75, 3.05) is 5.75 Å². The van der Waals surface area contributed by atoms with Crippen LogP contribution in [0.15, 0.2) is 47.6 Å². The summed E-state index contributed by atoms with van der Waals surface area (Å²) in [6.07, 6.45) is 1.01. The first-order chi connectivity index (χ1) is 13.9. The zero-order chi connectivity index (χ0) is 21.0. The molecule has 152 valence electrons. The predicted octanol–water partition coefficient (Wildman–Crippen LogP) is 4.72. The van der Waals surface area contributed by atoms with E-state index in [4.69, 9.17) is 0 Å². The van der Waals surface area contributed by atoms with Crippen LogP contribution in [0.5, 0.6) is 0 Å². The number of aryl methyl sites for hydroxylation is 4. The molecule has 1 unspecified atom stereocenters. The van der Waals surface area contributed by atoms with E-state index in [1.807, 2.05) is 18.4 Å². The molecule has 0 saturated heterocycles. The summed E-state index contributed by atoms with van der Waals surface area (Å²) < 4.78 is 2.02. The SMILES string of the molecule is CCc1ccc(C(C)NC(=O)CSc2nnc(C)n2-c2cc(C)ccc2C)cc1. The molecule has 1 atom stereocenters. The van der Waals surface area contributed by atoms with Crippen molar-refractivity contribution < 1.29 is 4.79 Å². The van der Waals surface area contributed by atoms with Crippen molar-refractivity contribution in [2.24, 2.45) is 0 Å². The lowest BCUT2D eigenvalue weighted by molar-refractivity contribution is -0.119. The highest BCUT2D eigenvalue weighted by molar-refractivity contribution is 7.99. The molecule has 0 bridgehead atoms. The van der Waals surface area contributed by atoms with E-state index in [9.17, 15) is 4.79 Å². The summed E-state index contributed by atoms with van der Waals surface area (Å²) in [6.45, 7) is 10.2. The van der Waals surface area contributed by atoms with E-state index in [1.165, 1.54) is 22.9 Å². The summed E-state index contributed by atoms with van der Waals surface area (Å²) in [4.78, 5) is 12.5. The van der Waals surface area contributed by atoms with Crippen molar-refractivity contribution in [3.8, 4) is 5.69 Å². The first-order valence-corrected chi connectivity index (χ1v) is 10.9. The third kappa shape index (κ3) is 5.07. The van der Waals surface area contributed by atoms with Crippen LogP contribution in [0.25, 0.3) is 5.69 Å². The molecule has 0 aliphatic heterocycles. The number of nitrogens with zero attached hydrogens (tertiary/aromatic N) is 3. The third-order valence-corrected chi connectivity index (χ3v) is 5.93. The zero-order valence-corrected chi connectivity index (χ0v) is 18.5. The molecule has 0 radical (unpaired) electrons. The Hall–Kier alpha value is -2.60. The minimum atomic E-state index is -0.0346. The predicted molar refractivity (Wildman–Crippen MR) is 119 cm³/mol. The number of benzene rings is 2. The fourth-order valence-corrected chi connectivity index (χ4v) is 4.01. The largest absolute Gasteiger partial charge is 0.349 e. The highest BCUT2D eigenvalue weighted by Gasteiger charge is 2.16. The van der Waals surface area contributed by atoms with Crippen molar-refractivity contribution in [3.05, 3.63) is 70.5 Å². The summed E-state index contributed by atoms with van der Waals surface area (Å²) in [7, 11) is 0. The standard InChI is InChI=1S/C23H28N4OS/c1-6-19-9-11-20(12-10-19)17(4)24-22(28)14-29-23-26-25-18(5)27(23)21-13-15(2)7-8-16(21)3/h7-13,17H,6,14H2,1-5H3,(H,24,28). The summed E-state index contributed by atoms with van der Waals surface area (Å²) in [6, 6.07) is 14.7. The van der Waals surface area contributed by atoms with Crippen LogP contribution >= 0.6 is 11.8 Å². The van der Waals surface area contributed by atoms with E-state index in [1.54, 1.807) is 0 Å². The van der Waals surface area contributed by atoms with Gasteiger partial charge in [-0.1, -0.05) is 55.1 Å². The van der Waals surface area contributed by atoms with Gasteiger partial charge < -0.3 is 5.32 Å². The Labute approximate surface area is 176 Å². The van der Waals surface area contributed by atoms with Crippen LogP contribution in [-0.2, 0) is 11.2 Å². The van der Waals surface area contributed by atoms with E-state index in [0.29, 0.717) is 5.75 Å². The van der Waals surface area contributed by atoms with Crippen molar-refractivity contribution in [1.29, 1.82) is 0 Å². The maximum absolute atomic E-state index is 12.5. The average molecular weight is 409 g/mol. The molecule has 1 amide bonds. The molecule has 0 fully saturated rings. The second kappa shape index (κ2) is 9.27. The average Bonchev–Trinajstić information content (AvgIpc) is 3.08. The lowest BCUT2D eigenvalue weighted by atomic mass is 10.1. The lowest BCUT2D eigenvalue weighted by Crippen LogP contribution is -2.28. The van der Waals surface area contributed by atoms with Gasteiger partial charge in [0, 0.05) is 0 Å². The smallest absolute Gasteiger partial charge is 0.230 e. The van der Waals surface area contributed by atoms with Gasteiger partial charge in [0.2, 0.25) is 5.91 Å². The van der Waals surface area contributed by atoms with Crippen molar-refractivity contribution in [3.63, 3.8) is 0 Å². The van der Waals surface area contributed by atoms with E-state index < -0.39 is 0 Å². The Morgan fingerprint density at radius 1 is 1.10 bits per heavy atom. The van der Waals surface area contributed by atoms with Gasteiger partial charge in [0.15, 0.2) is 5.16 Å². The molecule has 0 saturated carbocycles. The Bertz CT molecular complexity index is 995. The first kappa shape index (κ1) is 21.1. The number of nitrogens with one attached hydrogen (secondary N) is 1. The molecule has 0 aliphatic carbocycles. The molecule has 1 heterocycles. The van der Waals surface area contributed by atoms with Gasteiger partial charge in [0.05, 0.1) is 17.5 Å². The third-order valence-electron chi connectivity index (χ3n) is 5.00. The number of carbonyl (C=O) groups is 1. The summed E-state index contributed by atoms with van der Waals surface area (Å²) >= 11 is 1.41. The Morgan fingerprint density at radius 2 is 1.83 bits per heavy atom. The number of hydrogen-bond acceptors (Lipinski definition) is 4. The van der Waals surface area contributed by atoms with E-state index in [0.717, 1.165) is 34.2 Å². The fourth-order valence-electron chi connectivity index (χ4n) is 3.21. The maximum Gasteiger partial charge on any atom is 0.230 e. The molecule has 29 heavy (non-hydrogen) atoms. The lowest BCUT2D eigenvalue weighted by Gasteiger charge is -2.15. The molecule has 0 aliphatic rings. The maximum atomic E-state index is 12.5. The number of hydrogen-bond donors (Lipinski definition) is 1. The van der Waals surface area contributed by atoms with Gasteiger partial charge in [0.25, 0.3) is 0 Å². The quantitative estimate of drug-likeness (QED) is 0.575. The molecule has 0 spiro atoms. The zero-order valence-electron chi connectivity index (χ0n) is 17.7. The van der Waals surface area contributed by atoms with Crippen LogP contribution in [0.2, 0.25) is 0 Å². The monoisotopic (exact) mass is 408 g/mol. The summed E-state index contributed by atoms with van der Waals surface area (Å²) in [5.74, 6) is 1.08. The minimum absolute atomic E-state index is 0.0183. The number of aromatic nitrogens is 3. The molecule has 6 heteroatoms. The van der Waals surface area contributed by atoms with Gasteiger partial charge in [-0.05, 0) is 62.4 Å². The highest BCUT2D eigenvalue weighted by atomic mass is 32.2. The molecule has 3 aromatic rings. The van der Waals surface area contributed by atoms with Crippen LogP contribution in [0.3, 0.4) is 0 Å². The van der Waals surface area contributed by atoms with E-state index in [2.05, 4.69) is 78.7 Å². The van der Waals surface area contributed by atoms with Crippen LogP contribution in [0.4, 0.5) is 0 Å². The van der Waals surface area contributed by atoms with Crippen molar-refractivity contribution in [2.45, 2.75) is 52.2 Å². The number of amides is 1.